The minimum Gasteiger partial charge on any atom is -0.497 e. The average Bonchev–Trinajstić information content (AvgIpc) is 2.57. The highest BCUT2D eigenvalue weighted by atomic mass is 79.9. The average molecular weight is 357 g/mol. The maximum absolute atomic E-state index is 12.3. The SMILES string of the molecule is COc1ccc(/C=C/c2oc3ccccc3c(=O)c2Br)cc1. The molecule has 3 rings (SSSR count). The van der Waals surface area contributed by atoms with Crippen LogP contribution in [-0.2, 0) is 0 Å². The summed E-state index contributed by atoms with van der Waals surface area (Å²) in [7, 11) is 1.63. The van der Waals surface area contributed by atoms with Gasteiger partial charge in [0.25, 0.3) is 0 Å². The molecule has 0 spiro atoms. The molecule has 0 aliphatic rings. The molecule has 0 amide bonds. The van der Waals surface area contributed by atoms with Crippen LogP contribution in [0, 0.1) is 0 Å². The third-order valence-corrected chi connectivity index (χ3v) is 4.06. The summed E-state index contributed by atoms with van der Waals surface area (Å²) >= 11 is 3.32. The Hall–Kier alpha value is -2.33. The van der Waals surface area contributed by atoms with Gasteiger partial charge in [-0.3, -0.25) is 4.79 Å². The molecule has 0 aliphatic carbocycles. The highest BCUT2D eigenvalue weighted by molar-refractivity contribution is 9.10. The van der Waals surface area contributed by atoms with Crippen LogP contribution >= 0.6 is 15.9 Å². The molecule has 22 heavy (non-hydrogen) atoms. The van der Waals surface area contributed by atoms with E-state index in [4.69, 9.17) is 9.15 Å². The van der Waals surface area contributed by atoms with Gasteiger partial charge < -0.3 is 9.15 Å². The van der Waals surface area contributed by atoms with Crippen molar-refractivity contribution in [3.63, 3.8) is 0 Å². The van der Waals surface area contributed by atoms with Gasteiger partial charge in [0.15, 0.2) is 0 Å². The van der Waals surface area contributed by atoms with Crippen LogP contribution in [0.2, 0.25) is 0 Å². The van der Waals surface area contributed by atoms with Gasteiger partial charge in [0.05, 0.1) is 12.5 Å². The monoisotopic (exact) mass is 356 g/mol. The number of fused-ring (bicyclic) bond motifs is 1. The van der Waals surface area contributed by atoms with Crippen LogP contribution in [0.1, 0.15) is 11.3 Å². The van der Waals surface area contributed by atoms with Gasteiger partial charge in [-0.2, -0.15) is 0 Å². The van der Waals surface area contributed by atoms with E-state index in [0.717, 1.165) is 11.3 Å². The van der Waals surface area contributed by atoms with Crippen molar-refractivity contribution in [2.45, 2.75) is 0 Å². The molecule has 1 aromatic heterocycles. The van der Waals surface area contributed by atoms with E-state index >= 15 is 0 Å². The minimum atomic E-state index is -0.0729. The van der Waals surface area contributed by atoms with Crippen molar-refractivity contribution in [1.82, 2.24) is 0 Å². The lowest BCUT2D eigenvalue weighted by molar-refractivity contribution is 0.415. The summed E-state index contributed by atoms with van der Waals surface area (Å²) in [5.41, 5.74) is 1.49. The zero-order valence-corrected chi connectivity index (χ0v) is 13.5. The van der Waals surface area contributed by atoms with Crippen molar-refractivity contribution in [2.75, 3.05) is 7.11 Å². The Bertz CT molecular complexity index is 892. The van der Waals surface area contributed by atoms with E-state index in [2.05, 4.69) is 15.9 Å². The van der Waals surface area contributed by atoms with E-state index in [1.807, 2.05) is 42.5 Å². The smallest absolute Gasteiger partial charge is 0.207 e. The molecule has 0 unspecified atom stereocenters. The molecule has 0 fully saturated rings. The summed E-state index contributed by atoms with van der Waals surface area (Å²) in [6.07, 6.45) is 3.66. The quantitative estimate of drug-likeness (QED) is 0.680. The number of benzene rings is 2. The van der Waals surface area contributed by atoms with Gasteiger partial charge in [0.1, 0.15) is 21.6 Å². The second-order valence-electron chi connectivity index (χ2n) is 4.71. The highest BCUT2D eigenvalue weighted by Crippen LogP contribution is 2.22. The molecule has 0 atom stereocenters. The van der Waals surface area contributed by atoms with E-state index in [-0.39, 0.29) is 5.43 Å². The fourth-order valence-corrected chi connectivity index (χ4v) is 2.56. The molecule has 3 aromatic rings. The van der Waals surface area contributed by atoms with Crippen LogP contribution < -0.4 is 10.2 Å². The Morgan fingerprint density at radius 1 is 1.05 bits per heavy atom. The number of rotatable bonds is 3. The Morgan fingerprint density at radius 3 is 2.50 bits per heavy atom. The molecular formula is C18H13BrO3. The van der Waals surface area contributed by atoms with Crippen LogP contribution in [0.15, 0.2) is 62.2 Å². The van der Waals surface area contributed by atoms with Crippen LogP contribution in [0.4, 0.5) is 0 Å². The molecule has 3 nitrogen and oxygen atoms in total. The topological polar surface area (TPSA) is 39.4 Å². The van der Waals surface area contributed by atoms with E-state index in [1.54, 1.807) is 25.3 Å². The Morgan fingerprint density at radius 2 is 1.77 bits per heavy atom. The fourth-order valence-electron chi connectivity index (χ4n) is 2.13. The Labute approximate surface area is 136 Å². The number of ether oxygens (including phenoxy) is 1. The zero-order chi connectivity index (χ0) is 15.5. The summed E-state index contributed by atoms with van der Waals surface area (Å²) in [6.45, 7) is 0. The number of methoxy groups -OCH3 is 1. The van der Waals surface area contributed by atoms with E-state index < -0.39 is 0 Å². The molecule has 2 aromatic carbocycles. The highest BCUT2D eigenvalue weighted by Gasteiger charge is 2.09. The Kier molecular flexibility index (Phi) is 4.11. The fraction of sp³-hybridized carbons (Fsp3) is 0.0556. The molecule has 0 saturated carbocycles. The maximum atomic E-state index is 12.3. The lowest BCUT2D eigenvalue weighted by atomic mass is 10.2. The molecule has 0 N–H and O–H groups in total. The second kappa shape index (κ2) is 6.20. The lowest BCUT2D eigenvalue weighted by Crippen LogP contribution is -2.03. The van der Waals surface area contributed by atoms with Gasteiger partial charge in [0, 0.05) is 0 Å². The normalized spacial score (nSPS) is 11.2. The first-order valence-corrected chi connectivity index (χ1v) is 7.52. The first-order valence-electron chi connectivity index (χ1n) is 6.72. The second-order valence-corrected chi connectivity index (χ2v) is 5.51. The van der Waals surface area contributed by atoms with Crippen molar-refractivity contribution in [1.29, 1.82) is 0 Å². The van der Waals surface area contributed by atoms with Crippen LogP contribution in [0.5, 0.6) is 5.75 Å². The zero-order valence-electron chi connectivity index (χ0n) is 11.9. The van der Waals surface area contributed by atoms with Crippen molar-refractivity contribution in [3.8, 4) is 5.75 Å². The molecule has 0 bridgehead atoms. The largest absolute Gasteiger partial charge is 0.497 e. The minimum absolute atomic E-state index is 0.0729. The molecule has 4 heteroatoms. The number of hydrogen-bond acceptors (Lipinski definition) is 3. The molecule has 0 radical (unpaired) electrons. The summed E-state index contributed by atoms with van der Waals surface area (Å²) in [5.74, 6) is 1.30. The predicted molar refractivity (Wildman–Crippen MR) is 92.1 cm³/mol. The summed E-state index contributed by atoms with van der Waals surface area (Å²) in [6, 6.07) is 14.8. The summed E-state index contributed by atoms with van der Waals surface area (Å²) < 4.78 is 11.3. The van der Waals surface area contributed by atoms with Crippen molar-refractivity contribution >= 4 is 39.1 Å². The molecule has 0 aliphatic heterocycles. The molecule has 1 heterocycles. The molecular weight excluding hydrogens is 344 g/mol. The Balaban J connectivity index is 2.01. The maximum Gasteiger partial charge on any atom is 0.207 e. The summed E-state index contributed by atoms with van der Waals surface area (Å²) in [5, 5.41) is 0.566. The van der Waals surface area contributed by atoms with Gasteiger partial charge in [-0.15, -0.1) is 0 Å². The van der Waals surface area contributed by atoms with Crippen molar-refractivity contribution < 1.29 is 9.15 Å². The van der Waals surface area contributed by atoms with Gasteiger partial charge in [0.2, 0.25) is 5.43 Å². The van der Waals surface area contributed by atoms with E-state index in [0.29, 0.717) is 21.2 Å². The molecule has 110 valence electrons. The molecule has 0 saturated heterocycles. The third-order valence-electron chi connectivity index (χ3n) is 3.31. The summed E-state index contributed by atoms with van der Waals surface area (Å²) in [4.78, 5) is 12.3. The van der Waals surface area contributed by atoms with E-state index in [1.165, 1.54) is 0 Å². The number of hydrogen-bond donors (Lipinski definition) is 0. The van der Waals surface area contributed by atoms with Gasteiger partial charge in [-0.1, -0.05) is 30.3 Å². The van der Waals surface area contributed by atoms with Crippen LogP contribution in [0.25, 0.3) is 23.1 Å². The standard InChI is InChI=1S/C18H13BrO3/c1-21-13-9-6-12(7-10-13)8-11-16-17(19)18(20)14-4-2-3-5-15(14)22-16/h2-11H,1H3/b11-8+. The number of halogens is 1. The van der Waals surface area contributed by atoms with Crippen molar-refractivity contribution in [2.24, 2.45) is 0 Å². The number of para-hydroxylation sites is 1. The third kappa shape index (κ3) is 2.83. The van der Waals surface area contributed by atoms with Crippen molar-refractivity contribution in [3.05, 3.63) is 74.6 Å². The van der Waals surface area contributed by atoms with Crippen LogP contribution in [-0.4, -0.2) is 7.11 Å². The van der Waals surface area contributed by atoms with Crippen LogP contribution in [0.3, 0.4) is 0 Å². The first kappa shape index (κ1) is 14.6. The lowest BCUT2D eigenvalue weighted by Gasteiger charge is -2.02. The van der Waals surface area contributed by atoms with Gasteiger partial charge in [-0.05, 0) is 51.8 Å². The van der Waals surface area contributed by atoms with Gasteiger partial charge >= 0.3 is 0 Å². The van der Waals surface area contributed by atoms with E-state index in [9.17, 15) is 4.79 Å². The first-order chi connectivity index (χ1) is 10.7. The predicted octanol–water partition coefficient (Wildman–Crippen LogP) is 4.73. The van der Waals surface area contributed by atoms with Gasteiger partial charge in [-0.25, -0.2) is 0 Å².